The van der Waals surface area contributed by atoms with Gasteiger partial charge in [0.2, 0.25) is 0 Å². The van der Waals surface area contributed by atoms with Crippen molar-refractivity contribution in [2.24, 2.45) is 0 Å². The summed E-state index contributed by atoms with van der Waals surface area (Å²) in [5.41, 5.74) is 0.410. The van der Waals surface area contributed by atoms with E-state index in [1.165, 1.54) is 10.9 Å². The number of fused-ring (bicyclic) bond motifs is 1. The summed E-state index contributed by atoms with van der Waals surface area (Å²) in [5, 5.41) is 29.9. The number of phosphoric acid groups is 3. The van der Waals surface area contributed by atoms with Crippen LogP contribution in [0.25, 0.3) is 11.2 Å². The minimum atomic E-state index is -5.73. The number of rotatable bonds is 11. The van der Waals surface area contributed by atoms with Crippen molar-refractivity contribution < 1.29 is 61.7 Å². The molecule has 0 saturated carbocycles. The van der Waals surface area contributed by atoms with Gasteiger partial charge in [0.1, 0.15) is 30.2 Å². The molecular formula is C10H16ClN4O13P3. The predicted molar refractivity (Wildman–Crippen MR) is 98.2 cm³/mol. The van der Waals surface area contributed by atoms with Crippen LogP contribution in [0.15, 0.2) is 12.7 Å². The molecule has 0 bridgehead atoms. The van der Waals surface area contributed by atoms with Gasteiger partial charge in [-0.25, -0.2) is 28.6 Å². The number of aliphatic hydroxyl groups excluding tert-OH is 3. The van der Waals surface area contributed by atoms with E-state index >= 15 is 0 Å². The van der Waals surface area contributed by atoms with E-state index in [-0.39, 0.29) is 22.9 Å². The van der Waals surface area contributed by atoms with Crippen molar-refractivity contribution >= 4 is 46.2 Å². The van der Waals surface area contributed by atoms with E-state index in [2.05, 4.69) is 28.1 Å². The highest BCUT2D eigenvalue weighted by atomic mass is 35.5. The number of hydrogen-bond donors (Lipinski definition) is 7. The van der Waals surface area contributed by atoms with Gasteiger partial charge < -0.3 is 39.5 Å². The van der Waals surface area contributed by atoms with Gasteiger partial charge in [0, 0.05) is 0 Å². The van der Waals surface area contributed by atoms with Crippen LogP contribution >= 0.6 is 35.1 Å². The number of halogens is 1. The highest BCUT2D eigenvalue weighted by Crippen LogP contribution is 2.66. The molecular weight excluding hydrogens is 513 g/mol. The van der Waals surface area contributed by atoms with Crippen LogP contribution in [-0.4, -0.2) is 79.3 Å². The number of imidazole rings is 1. The van der Waals surface area contributed by atoms with Crippen molar-refractivity contribution in [2.45, 2.75) is 24.9 Å². The molecule has 7 N–H and O–H groups in total. The van der Waals surface area contributed by atoms with E-state index in [1.54, 1.807) is 0 Å². The van der Waals surface area contributed by atoms with Crippen molar-refractivity contribution in [2.75, 3.05) is 6.61 Å². The standard InChI is InChI=1S/C10H16ClN4O13P3/c11-9-7-10(13-3-12-9)15(4-14-7)1-5(16)8(18)6(17)2-26-30(22,23)28-31(24,25)27-29(19,20)21/h3-6,8,16-18H,1-2H2,(H,22,23)(H,24,25)(H2,19,20,21)/t5-,6+,8-/m0/s1. The minimum Gasteiger partial charge on any atom is -0.388 e. The van der Waals surface area contributed by atoms with Gasteiger partial charge in [0.25, 0.3) is 0 Å². The molecule has 17 nitrogen and oxygen atoms in total. The average molecular weight is 529 g/mol. The Hall–Kier alpha value is -0.870. The predicted octanol–water partition coefficient (Wildman–Crippen LogP) is -1.09. The molecule has 0 saturated heterocycles. The van der Waals surface area contributed by atoms with Gasteiger partial charge in [0.15, 0.2) is 10.8 Å². The molecule has 2 unspecified atom stereocenters. The Morgan fingerprint density at radius 3 is 2.23 bits per heavy atom. The first-order chi connectivity index (χ1) is 14.1. The van der Waals surface area contributed by atoms with Crippen LogP contribution in [-0.2, 0) is 33.4 Å². The number of hydrogen-bond acceptors (Lipinski definition) is 12. The molecule has 176 valence electrons. The van der Waals surface area contributed by atoms with Crippen LogP contribution in [0.3, 0.4) is 0 Å². The Bertz CT molecular complexity index is 1060. The van der Waals surface area contributed by atoms with Crippen molar-refractivity contribution in [3.8, 4) is 0 Å². The number of aliphatic hydroxyl groups is 3. The smallest absolute Gasteiger partial charge is 0.388 e. The molecule has 0 amide bonds. The molecule has 21 heteroatoms. The first kappa shape index (κ1) is 26.4. The van der Waals surface area contributed by atoms with E-state index < -0.39 is 48.4 Å². The molecule has 5 atom stereocenters. The van der Waals surface area contributed by atoms with Gasteiger partial charge in [-0.15, -0.1) is 0 Å². The fourth-order valence-electron chi connectivity index (χ4n) is 2.12. The third kappa shape index (κ3) is 7.89. The van der Waals surface area contributed by atoms with Gasteiger partial charge in [0.05, 0.1) is 19.5 Å². The molecule has 0 radical (unpaired) electrons. The molecule has 2 heterocycles. The first-order valence-corrected chi connectivity index (χ1v) is 12.6. The monoisotopic (exact) mass is 528 g/mol. The summed E-state index contributed by atoms with van der Waals surface area (Å²) in [4.78, 5) is 46.8. The third-order valence-corrected chi connectivity index (χ3v) is 7.43. The highest BCUT2D eigenvalue weighted by Gasteiger charge is 2.41. The second kappa shape index (κ2) is 9.95. The molecule has 0 aromatic carbocycles. The SMILES string of the molecule is O=P(O)(O)OP(=O)(O)OP(=O)(O)OC[C@@H](O)[C@@H](O)[C@@H](O)Cn1cnc2c(Cl)ncnc21. The van der Waals surface area contributed by atoms with E-state index in [0.29, 0.717) is 0 Å². The lowest BCUT2D eigenvalue weighted by molar-refractivity contribution is -0.0793. The van der Waals surface area contributed by atoms with E-state index in [0.717, 1.165) is 6.33 Å². The molecule has 0 aliphatic rings. The second-order valence-electron chi connectivity index (χ2n) is 5.75. The Morgan fingerprint density at radius 1 is 0.968 bits per heavy atom. The van der Waals surface area contributed by atoms with Crippen LogP contribution in [0.4, 0.5) is 0 Å². The topological polar surface area (TPSA) is 264 Å². The van der Waals surface area contributed by atoms with Crippen LogP contribution in [0.1, 0.15) is 0 Å². The van der Waals surface area contributed by atoms with Gasteiger partial charge in [-0.3, -0.25) is 4.52 Å². The Morgan fingerprint density at radius 2 is 1.61 bits per heavy atom. The summed E-state index contributed by atoms with van der Waals surface area (Å²) in [7, 11) is -16.8. The lowest BCUT2D eigenvalue weighted by Gasteiger charge is -2.24. The van der Waals surface area contributed by atoms with Gasteiger partial charge in [-0.1, -0.05) is 11.6 Å². The zero-order valence-corrected chi connectivity index (χ0v) is 18.3. The molecule has 2 aromatic rings. The zero-order chi connectivity index (χ0) is 23.6. The number of aromatic nitrogens is 4. The second-order valence-corrected chi connectivity index (χ2v) is 10.5. The number of nitrogens with zero attached hydrogens (tertiary/aromatic N) is 4. The van der Waals surface area contributed by atoms with Gasteiger partial charge >= 0.3 is 23.5 Å². The summed E-state index contributed by atoms with van der Waals surface area (Å²) >= 11 is 5.84. The maximum absolute atomic E-state index is 11.6. The van der Waals surface area contributed by atoms with Crippen molar-refractivity contribution in [1.29, 1.82) is 0 Å². The van der Waals surface area contributed by atoms with Gasteiger partial charge in [-0.2, -0.15) is 8.62 Å². The highest BCUT2D eigenvalue weighted by molar-refractivity contribution is 7.66. The molecule has 0 aliphatic carbocycles. The van der Waals surface area contributed by atoms with E-state index in [1.807, 2.05) is 0 Å². The van der Waals surface area contributed by atoms with E-state index in [4.69, 9.17) is 26.3 Å². The normalized spacial score (nSPS) is 19.5. The molecule has 31 heavy (non-hydrogen) atoms. The summed E-state index contributed by atoms with van der Waals surface area (Å²) < 4.78 is 45.8. The minimum absolute atomic E-state index is 0.0369. The van der Waals surface area contributed by atoms with Gasteiger partial charge in [-0.05, 0) is 0 Å². The lowest BCUT2D eigenvalue weighted by atomic mass is 10.1. The van der Waals surface area contributed by atoms with Crippen LogP contribution in [0, 0.1) is 0 Å². The summed E-state index contributed by atoms with van der Waals surface area (Å²) in [6.45, 7) is -1.57. The molecule has 2 rings (SSSR count). The Labute approximate surface area is 177 Å². The fourth-order valence-corrected chi connectivity index (χ4v) is 5.34. The van der Waals surface area contributed by atoms with Crippen LogP contribution in [0.5, 0.6) is 0 Å². The number of phosphoric ester groups is 1. The maximum Gasteiger partial charge on any atom is 0.490 e. The summed E-state index contributed by atoms with van der Waals surface area (Å²) in [6, 6.07) is 0. The zero-order valence-electron chi connectivity index (χ0n) is 14.9. The quantitative estimate of drug-likeness (QED) is 0.135. The summed E-state index contributed by atoms with van der Waals surface area (Å²) in [6.07, 6.45) is -3.33. The van der Waals surface area contributed by atoms with Crippen LogP contribution in [0.2, 0.25) is 5.15 Å². The van der Waals surface area contributed by atoms with Crippen molar-refractivity contribution in [3.63, 3.8) is 0 Å². The Balaban J connectivity index is 1.95. The van der Waals surface area contributed by atoms with Crippen LogP contribution < -0.4 is 0 Å². The lowest BCUT2D eigenvalue weighted by Crippen LogP contribution is -2.42. The average Bonchev–Trinajstić information content (AvgIpc) is 3.00. The van der Waals surface area contributed by atoms with Crippen molar-refractivity contribution in [3.05, 3.63) is 17.8 Å². The maximum atomic E-state index is 11.6. The molecule has 0 spiro atoms. The third-order valence-electron chi connectivity index (χ3n) is 3.35. The molecule has 2 aromatic heterocycles. The fraction of sp³-hybridized carbons (Fsp3) is 0.500. The first-order valence-electron chi connectivity index (χ1n) is 7.74. The van der Waals surface area contributed by atoms with Crippen molar-refractivity contribution in [1.82, 2.24) is 19.5 Å². The summed E-state index contributed by atoms with van der Waals surface area (Å²) in [5.74, 6) is 0. The van der Waals surface area contributed by atoms with E-state index in [9.17, 15) is 33.9 Å². The molecule has 0 aliphatic heterocycles. The molecule has 0 fully saturated rings. The largest absolute Gasteiger partial charge is 0.490 e. The Kier molecular flexibility index (Phi) is 8.47.